The standard InChI is InChI=1S/C13H18ClN3O/c1-9-3-4-10(14)7-11(9)17-6-5-16(2)12(8-15)13(17)18/h3-4,7,12H,5-6,8,15H2,1-2H3. The highest BCUT2D eigenvalue weighted by Gasteiger charge is 2.32. The number of carbonyl (C=O) groups is 1. The molecule has 5 heteroatoms. The second kappa shape index (κ2) is 5.26. The van der Waals surface area contributed by atoms with Crippen molar-refractivity contribution in [3.63, 3.8) is 0 Å². The molecule has 1 aromatic carbocycles. The number of piperazine rings is 1. The van der Waals surface area contributed by atoms with Crippen LogP contribution < -0.4 is 10.6 Å². The van der Waals surface area contributed by atoms with Gasteiger partial charge in [-0.05, 0) is 31.7 Å². The van der Waals surface area contributed by atoms with E-state index in [2.05, 4.69) is 0 Å². The average molecular weight is 268 g/mol. The Balaban J connectivity index is 2.33. The summed E-state index contributed by atoms with van der Waals surface area (Å²) in [6, 6.07) is 5.37. The van der Waals surface area contributed by atoms with E-state index < -0.39 is 0 Å². The van der Waals surface area contributed by atoms with E-state index in [4.69, 9.17) is 17.3 Å². The van der Waals surface area contributed by atoms with Gasteiger partial charge >= 0.3 is 0 Å². The number of aryl methyl sites for hydroxylation is 1. The summed E-state index contributed by atoms with van der Waals surface area (Å²) < 4.78 is 0. The molecule has 1 heterocycles. The fraction of sp³-hybridized carbons (Fsp3) is 0.462. The zero-order valence-corrected chi connectivity index (χ0v) is 11.4. The third-order valence-corrected chi connectivity index (χ3v) is 3.68. The molecular weight excluding hydrogens is 250 g/mol. The first-order chi connectivity index (χ1) is 8.54. The van der Waals surface area contributed by atoms with E-state index >= 15 is 0 Å². The third kappa shape index (κ3) is 2.36. The van der Waals surface area contributed by atoms with Crippen molar-refractivity contribution in [3.8, 4) is 0 Å². The van der Waals surface area contributed by atoms with E-state index in [9.17, 15) is 4.79 Å². The molecule has 1 aliphatic rings. The van der Waals surface area contributed by atoms with Crippen LogP contribution in [0.3, 0.4) is 0 Å². The topological polar surface area (TPSA) is 49.6 Å². The number of benzene rings is 1. The molecule has 1 amide bonds. The van der Waals surface area contributed by atoms with Crippen molar-refractivity contribution < 1.29 is 4.79 Å². The van der Waals surface area contributed by atoms with E-state index in [0.717, 1.165) is 17.8 Å². The molecule has 1 unspecified atom stereocenters. The van der Waals surface area contributed by atoms with Crippen molar-refractivity contribution in [3.05, 3.63) is 28.8 Å². The van der Waals surface area contributed by atoms with Crippen LogP contribution in [-0.2, 0) is 4.79 Å². The maximum Gasteiger partial charge on any atom is 0.245 e. The van der Waals surface area contributed by atoms with Gasteiger partial charge in [0.2, 0.25) is 5.91 Å². The van der Waals surface area contributed by atoms with E-state index in [1.165, 1.54) is 0 Å². The van der Waals surface area contributed by atoms with Crippen LogP contribution in [-0.4, -0.2) is 43.5 Å². The normalized spacial score (nSPS) is 21.4. The summed E-state index contributed by atoms with van der Waals surface area (Å²) in [6.07, 6.45) is 0. The van der Waals surface area contributed by atoms with Gasteiger partial charge in [0.1, 0.15) is 6.04 Å². The van der Waals surface area contributed by atoms with Crippen LogP contribution in [0.1, 0.15) is 5.56 Å². The molecule has 0 aromatic heterocycles. The number of halogens is 1. The van der Waals surface area contributed by atoms with Gasteiger partial charge in [-0.1, -0.05) is 17.7 Å². The summed E-state index contributed by atoms with van der Waals surface area (Å²) in [7, 11) is 1.93. The largest absolute Gasteiger partial charge is 0.328 e. The van der Waals surface area contributed by atoms with Gasteiger partial charge in [-0.25, -0.2) is 0 Å². The van der Waals surface area contributed by atoms with E-state index in [0.29, 0.717) is 18.1 Å². The molecule has 0 saturated carbocycles. The van der Waals surface area contributed by atoms with Crippen molar-refractivity contribution in [2.45, 2.75) is 13.0 Å². The number of rotatable bonds is 2. The highest BCUT2D eigenvalue weighted by molar-refractivity contribution is 6.31. The number of amides is 1. The second-order valence-corrected chi connectivity index (χ2v) is 5.09. The maximum atomic E-state index is 12.4. The van der Waals surface area contributed by atoms with Crippen LogP contribution in [0.2, 0.25) is 5.02 Å². The monoisotopic (exact) mass is 267 g/mol. The number of anilines is 1. The molecule has 0 spiro atoms. The van der Waals surface area contributed by atoms with Crippen molar-refractivity contribution >= 4 is 23.2 Å². The van der Waals surface area contributed by atoms with Gasteiger partial charge in [-0.3, -0.25) is 9.69 Å². The lowest BCUT2D eigenvalue weighted by Crippen LogP contribution is -2.58. The SMILES string of the molecule is Cc1ccc(Cl)cc1N1CCN(C)C(CN)C1=O. The molecule has 2 rings (SSSR count). The minimum atomic E-state index is -0.239. The van der Waals surface area contributed by atoms with Gasteiger partial charge in [0.05, 0.1) is 0 Å². The summed E-state index contributed by atoms with van der Waals surface area (Å²) in [5, 5.41) is 0.645. The lowest BCUT2D eigenvalue weighted by atomic mass is 10.1. The summed E-state index contributed by atoms with van der Waals surface area (Å²) in [5.74, 6) is 0.0524. The first-order valence-corrected chi connectivity index (χ1v) is 6.40. The van der Waals surface area contributed by atoms with Gasteiger partial charge in [-0.2, -0.15) is 0 Å². The molecule has 4 nitrogen and oxygen atoms in total. The molecule has 1 fully saturated rings. The zero-order chi connectivity index (χ0) is 13.3. The molecule has 1 aliphatic heterocycles. The van der Waals surface area contributed by atoms with Gasteiger partial charge in [0.15, 0.2) is 0 Å². The first kappa shape index (κ1) is 13.3. The average Bonchev–Trinajstić information content (AvgIpc) is 2.34. The zero-order valence-electron chi connectivity index (χ0n) is 10.7. The molecule has 1 saturated heterocycles. The molecule has 0 bridgehead atoms. The highest BCUT2D eigenvalue weighted by Crippen LogP contribution is 2.26. The van der Waals surface area contributed by atoms with E-state index in [1.807, 2.05) is 37.1 Å². The van der Waals surface area contributed by atoms with Crippen LogP contribution >= 0.6 is 11.6 Å². The minimum absolute atomic E-state index is 0.0524. The Morgan fingerprint density at radius 2 is 2.17 bits per heavy atom. The smallest absolute Gasteiger partial charge is 0.245 e. The molecule has 1 aromatic rings. The van der Waals surface area contributed by atoms with E-state index in [1.54, 1.807) is 4.90 Å². The first-order valence-electron chi connectivity index (χ1n) is 6.02. The van der Waals surface area contributed by atoms with Crippen LogP contribution in [0, 0.1) is 6.92 Å². The molecule has 0 aliphatic carbocycles. The van der Waals surface area contributed by atoms with Gasteiger partial charge in [0, 0.05) is 30.3 Å². The Morgan fingerprint density at radius 1 is 1.44 bits per heavy atom. The van der Waals surface area contributed by atoms with Gasteiger partial charge < -0.3 is 10.6 Å². The summed E-state index contributed by atoms with van der Waals surface area (Å²) >= 11 is 6.01. The molecule has 0 radical (unpaired) electrons. The fourth-order valence-corrected chi connectivity index (χ4v) is 2.45. The Bertz CT molecular complexity index is 464. The number of nitrogens with two attached hydrogens (primary N) is 1. The Kier molecular flexibility index (Phi) is 3.90. The lowest BCUT2D eigenvalue weighted by Gasteiger charge is -2.38. The van der Waals surface area contributed by atoms with Crippen molar-refractivity contribution in [2.24, 2.45) is 5.73 Å². The van der Waals surface area contributed by atoms with Crippen molar-refractivity contribution in [2.75, 3.05) is 31.6 Å². The number of nitrogens with zero attached hydrogens (tertiary/aromatic N) is 2. The van der Waals surface area contributed by atoms with E-state index in [-0.39, 0.29) is 11.9 Å². The van der Waals surface area contributed by atoms with Crippen LogP contribution in [0.4, 0.5) is 5.69 Å². The number of hydrogen-bond donors (Lipinski definition) is 1. The van der Waals surface area contributed by atoms with Gasteiger partial charge in [-0.15, -0.1) is 0 Å². The van der Waals surface area contributed by atoms with Gasteiger partial charge in [0.25, 0.3) is 0 Å². The number of carbonyl (C=O) groups excluding carboxylic acids is 1. The Morgan fingerprint density at radius 3 is 2.83 bits per heavy atom. The quantitative estimate of drug-likeness (QED) is 0.878. The number of likely N-dealkylation sites (N-methyl/N-ethyl adjacent to an activating group) is 1. The number of hydrogen-bond acceptors (Lipinski definition) is 3. The molecule has 2 N–H and O–H groups in total. The second-order valence-electron chi connectivity index (χ2n) is 4.65. The predicted octanol–water partition coefficient (Wildman–Crippen LogP) is 1.25. The molecule has 98 valence electrons. The van der Waals surface area contributed by atoms with Crippen molar-refractivity contribution in [1.29, 1.82) is 0 Å². The molecular formula is C13H18ClN3O. The maximum absolute atomic E-state index is 12.4. The summed E-state index contributed by atoms with van der Waals surface area (Å²) in [6.45, 7) is 3.81. The minimum Gasteiger partial charge on any atom is -0.328 e. The molecule has 1 atom stereocenters. The molecule has 18 heavy (non-hydrogen) atoms. The van der Waals surface area contributed by atoms with Crippen LogP contribution in [0.25, 0.3) is 0 Å². The summed E-state index contributed by atoms with van der Waals surface area (Å²) in [5.41, 5.74) is 7.61. The Labute approximate surface area is 112 Å². The van der Waals surface area contributed by atoms with Crippen molar-refractivity contribution in [1.82, 2.24) is 4.90 Å². The predicted molar refractivity (Wildman–Crippen MR) is 74.0 cm³/mol. The van der Waals surface area contributed by atoms with Crippen LogP contribution in [0.5, 0.6) is 0 Å². The summed E-state index contributed by atoms with van der Waals surface area (Å²) in [4.78, 5) is 16.2. The third-order valence-electron chi connectivity index (χ3n) is 3.44. The fourth-order valence-electron chi connectivity index (χ4n) is 2.29. The Hall–Kier alpha value is -1.10. The van der Waals surface area contributed by atoms with Crippen LogP contribution in [0.15, 0.2) is 18.2 Å². The lowest BCUT2D eigenvalue weighted by molar-refractivity contribution is -0.124. The highest BCUT2D eigenvalue weighted by atomic mass is 35.5.